The van der Waals surface area contributed by atoms with E-state index >= 15 is 0 Å². The topological polar surface area (TPSA) is 92.9 Å². The van der Waals surface area contributed by atoms with Crippen LogP contribution in [0.2, 0.25) is 0 Å². The highest BCUT2D eigenvalue weighted by molar-refractivity contribution is 5.93. The minimum atomic E-state index is -1.00. The number of rotatable bonds is 4. The first kappa shape index (κ1) is 18.6. The molecule has 0 fully saturated rings. The molecule has 0 unspecified atom stereocenters. The number of hydrogen-bond acceptors (Lipinski definition) is 5. The molecule has 0 aliphatic carbocycles. The van der Waals surface area contributed by atoms with Crippen LogP contribution in [0.3, 0.4) is 0 Å². The maximum absolute atomic E-state index is 14.4. The van der Waals surface area contributed by atoms with E-state index < -0.39 is 17.5 Å². The Morgan fingerprint density at radius 1 is 1.14 bits per heavy atom. The summed E-state index contributed by atoms with van der Waals surface area (Å²) >= 11 is 0. The van der Waals surface area contributed by atoms with Crippen LogP contribution in [0.15, 0.2) is 48.7 Å². The van der Waals surface area contributed by atoms with E-state index in [-0.39, 0.29) is 17.5 Å². The number of amides is 1. The lowest BCUT2D eigenvalue weighted by molar-refractivity contribution is 0.0705. The summed E-state index contributed by atoms with van der Waals surface area (Å²) < 4.78 is 30.4. The van der Waals surface area contributed by atoms with Gasteiger partial charge in [-0.1, -0.05) is 24.3 Å². The van der Waals surface area contributed by atoms with Crippen LogP contribution in [0, 0.1) is 11.6 Å². The molecule has 1 amide bonds. The van der Waals surface area contributed by atoms with Crippen molar-refractivity contribution in [2.75, 3.05) is 0 Å². The van der Waals surface area contributed by atoms with Gasteiger partial charge in [-0.25, -0.2) is 14.3 Å². The zero-order valence-electron chi connectivity index (χ0n) is 15.2. The van der Waals surface area contributed by atoms with Gasteiger partial charge in [0.25, 0.3) is 5.91 Å². The lowest BCUT2D eigenvalue weighted by Crippen LogP contribution is -2.19. The zero-order chi connectivity index (χ0) is 20.5. The average molecular weight is 395 g/mol. The van der Waals surface area contributed by atoms with Crippen LogP contribution in [-0.2, 0) is 13.5 Å². The smallest absolute Gasteiger partial charge is 0.274 e. The number of nitrogens with zero attached hydrogens (tertiary/aromatic N) is 4. The second-order valence-corrected chi connectivity index (χ2v) is 6.42. The van der Waals surface area contributed by atoms with E-state index in [2.05, 4.69) is 15.2 Å². The number of benzene rings is 2. The van der Waals surface area contributed by atoms with Crippen LogP contribution in [0.5, 0.6) is 0 Å². The molecule has 2 aromatic carbocycles. The maximum atomic E-state index is 14.4. The van der Waals surface area contributed by atoms with E-state index in [0.717, 1.165) is 22.9 Å². The fourth-order valence-corrected chi connectivity index (χ4v) is 3.15. The Balaban J connectivity index is 1.73. The molecule has 0 aliphatic rings. The molecule has 0 bridgehead atoms. The number of hydrogen-bond donors (Lipinski definition) is 2. The normalized spacial score (nSPS) is 11.0. The number of hydroxylamine groups is 1. The molecule has 4 rings (SSSR count). The highest BCUT2D eigenvalue weighted by Crippen LogP contribution is 2.26. The van der Waals surface area contributed by atoms with Crippen molar-refractivity contribution < 1.29 is 18.8 Å². The van der Waals surface area contributed by atoms with E-state index in [0.29, 0.717) is 17.3 Å². The van der Waals surface area contributed by atoms with Crippen LogP contribution >= 0.6 is 0 Å². The van der Waals surface area contributed by atoms with Gasteiger partial charge in [-0.3, -0.25) is 15.0 Å². The van der Waals surface area contributed by atoms with Gasteiger partial charge in [-0.15, -0.1) is 10.2 Å². The molecule has 0 spiro atoms. The second-order valence-electron chi connectivity index (χ2n) is 6.42. The molecule has 2 N–H and O–H groups in total. The van der Waals surface area contributed by atoms with Crippen LogP contribution in [0.1, 0.15) is 21.7 Å². The third-order valence-corrected chi connectivity index (χ3v) is 4.69. The molecule has 0 aliphatic heterocycles. The Labute approximate surface area is 163 Å². The molecule has 0 radical (unpaired) electrons. The molecule has 2 aromatic heterocycles. The Hall–Kier alpha value is -3.72. The first-order valence-corrected chi connectivity index (χ1v) is 8.64. The average Bonchev–Trinajstić information content (AvgIpc) is 3.09. The van der Waals surface area contributed by atoms with Crippen molar-refractivity contribution in [3.05, 3.63) is 77.2 Å². The molecule has 0 saturated carbocycles. The molecular formula is C20H15F2N5O2. The molecular weight excluding hydrogens is 380 g/mol. The summed E-state index contributed by atoms with van der Waals surface area (Å²) in [6.07, 6.45) is 1.49. The summed E-state index contributed by atoms with van der Waals surface area (Å²) in [5.74, 6) is -2.05. The van der Waals surface area contributed by atoms with Gasteiger partial charge in [0, 0.05) is 36.2 Å². The summed E-state index contributed by atoms with van der Waals surface area (Å²) in [5, 5.41) is 18.7. The SMILES string of the molecule is Cn1c(Cc2c(F)cc(C(=O)NO)cc2F)nnc1-c1nccc2ccccc12. The van der Waals surface area contributed by atoms with Gasteiger partial charge in [0.05, 0.1) is 0 Å². The van der Waals surface area contributed by atoms with E-state index in [4.69, 9.17) is 5.21 Å². The fourth-order valence-electron chi connectivity index (χ4n) is 3.15. The summed E-state index contributed by atoms with van der Waals surface area (Å²) in [4.78, 5) is 15.8. The summed E-state index contributed by atoms with van der Waals surface area (Å²) in [7, 11) is 1.69. The van der Waals surface area contributed by atoms with Crippen molar-refractivity contribution in [1.82, 2.24) is 25.2 Å². The van der Waals surface area contributed by atoms with Gasteiger partial charge in [0.15, 0.2) is 5.82 Å². The number of pyridine rings is 1. The second kappa shape index (κ2) is 7.36. The first-order valence-electron chi connectivity index (χ1n) is 8.64. The Morgan fingerprint density at radius 3 is 2.59 bits per heavy atom. The van der Waals surface area contributed by atoms with Crippen molar-refractivity contribution >= 4 is 16.7 Å². The van der Waals surface area contributed by atoms with Crippen molar-refractivity contribution in [3.8, 4) is 11.5 Å². The van der Waals surface area contributed by atoms with Crippen LogP contribution in [0.4, 0.5) is 8.78 Å². The zero-order valence-corrected chi connectivity index (χ0v) is 15.2. The van der Waals surface area contributed by atoms with E-state index in [1.165, 1.54) is 5.48 Å². The van der Waals surface area contributed by atoms with Gasteiger partial charge in [0.1, 0.15) is 23.2 Å². The number of fused-ring (bicyclic) bond motifs is 1. The molecule has 0 saturated heterocycles. The Kier molecular flexibility index (Phi) is 4.73. The van der Waals surface area contributed by atoms with Gasteiger partial charge < -0.3 is 4.57 Å². The molecule has 7 nitrogen and oxygen atoms in total. The number of carbonyl (C=O) groups excluding carboxylic acids is 1. The lowest BCUT2D eigenvalue weighted by atomic mass is 10.1. The van der Waals surface area contributed by atoms with E-state index in [9.17, 15) is 13.6 Å². The summed E-state index contributed by atoms with van der Waals surface area (Å²) in [6, 6.07) is 11.3. The highest BCUT2D eigenvalue weighted by atomic mass is 19.1. The number of aromatic nitrogens is 4. The van der Waals surface area contributed by atoms with Crippen LogP contribution in [-0.4, -0.2) is 30.9 Å². The Bertz CT molecular complexity index is 1210. The molecule has 146 valence electrons. The number of carbonyl (C=O) groups is 1. The highest BCUT2D eigenvalue weighted by Gasteiger charge is 2.20. The van der Waals surface area contributed by atoms with Crippen molar-refractivity contribution in [3.63, 3.8) is 0 Å². The standard InChI is InChI=1S/C20H15F2N5O2/c1-27-17(10-14-15(21)8-12(9-16(14)22)20(28)26-29)24-25-19(27)18-13-5-3-2-4-11(13)6-7-23-18/h2-9,29H,10H2,1H3,(H,26,28). The third kappa shape index (κ3) is 3.32. The van der Waals surface area contributed by atoms with Gasteiger partial charge in [-0.05, 0) is 23.6 Å². The van der Waals surface area contributed by atoms with Crippen LogP contribution in [0.25, 0.3) is 22.3 Å². The maximum Gasteiger partial charge on any atom is 0.274 e. The van der Waals surface area contributed by atoms with Crippen molar-refractivity contribution in [2.24, 2.45) is 7.05 Å². The molecule has 29 heavy (non-hydrogen) atoms. The predicted molar refractivity (Wildman–Crippen MR) is 100 cm³/mol. The summed E-state index contributed by atoms with van der Waals surface area (Å²) in [6.45, 7) is 0. The molecule has 2 heterocycles. The molecule has 4 aromatic rings. The van der Waals surface area contributed by atoms with Gasteiger partial charge >= 0.3 is 0 Å². The number of nitrogens with one attached hydrogen (secondary N) is 1. The Morgan fingerprint density at radius 2 is 1.86 bits per heavy atom. The number of halogens is 2. The van der Waals surface area contributed by atoms with E-state index in [1.54, 1.807) is 17.8 Å². The molecule has 0 atom stereocenters. The van der Waals surface area contributed by atoms with E-state index in [1.807, 2.05) is 30.3 Å². The quantitative estimate of drug-likeness (QED) is 0.409. The third-order valence-electron chi connectivity index (χ3n) is 4.69. The lowest BCUT2D eigenvalue weighted by Gasteiger charge is -2.09. The van der Waals surface area contributed by atoms with Crippen molar-refractivity contribution in [1.29, 1.82) is 0 Å². The largest absolute Gasteiger partial charge is 0.313 e. The monoisotopic (exact) mass is 395 g/mol. The van der Waals surface area contributed by atoms with Gasteiger partial charge in [-0.2, -0.15) is 0 Å². The predicted octanol–water partition coefficient (Wildman–Crippen LogP) is 3.02. The molecule has 9 heteroatoms. The van der Waals surface area contributed by atoms with Crippen molar-refractivity contribution in [2.45, 2.75) is 6.42 Å². The van der Waals surface area contributed by atoms with Crippen LogP contribution < -0.4 is 5.48 Å². The minimum absolute atomic E-state index is 0.174. The fraction of sp³-hybridized carbons (Fsp3) is 0.100. The summed E-state index contributed by atoms with van der Waals surface area (Å²) in [5.41, 5.74) is 1.37. The van der Waals surface area contributed by atoms with Gasteiger partial charge in [0.2, 0.25) is 0 Å². The first-order chi connectivity index (χ1) is 14.0. The minimum Gasteiger partial charge on any atom is -0.313 e.